The minimum atomic E-state index is -0.966. The lowest BCUT2D eigenvalue weighted by molar-refractivity contribution is -0.118. The summed E-state index contributed by atoms with van der Waals surface area (Å²) >= 11 is 7.81. The smallest absolute Gasteiger partial charge is 0.173 e. The van der Waals surface area contributed by atoms with Gasteiger partial charge in [0, 0.05) is 18.9 Å². The van der Waals surface area contributed by atoms with E-state index < -0.39 is 6.10 Å². The Morgan fingerprint density at radius 1 is 1.29 bits per heavy atom. The number of benzene rings is 2. The number of hydrogen-bond donors (Lipinski definition) is 2. The molecule has 0 radical (unpaired) electrons. The van der Waals surface area contributed by atoms with E-state index in [-0.39, 0.29) is 24.9 Å². The number of allylic oxidation sites excluding steroid dienone is 1. The summed E-state index contributed by atoms with van der Waals surface area (Å²) < 4.78 is 5.46. The van der Waals surface area contributed by atoms with Crippen LogP contribution >= 0.6 is 23.4 Å². The molecular formula is C27H32ClNO4S. The molecular weight excluding hydrogens is 470 g/mol. The molecule has 0 saturated carbocycles. The van der Waals surface area contributed by atoms with Crippen LogP contribution in [0.4, 0.5) is 0 Å². The Labute approximate surface area is 210 Å². The van der Waals surface area contributed by atoms with E-state index >= 15 is 0 Å². The van der Waals surface area contributed by atoms with Crippen molar-refractivity contribution in [1.29, 1.82) is 0 Å². The summed E-state index contributed by atoms with van der Waals surface area (Å²) in [6.07, 6.45) is 4.20. The highest BCUT2D eigenvalue weighted by molar-refractivity contribution is 8.18. The van der Waals surface area contributed by atoms with Crippen LogP contribution < -0.4 is 4.74 Å². The van der Waals surface area contributed by atoms with E-state index in [2.05, 4.69) is 26.0 Å². The zero-order valence-electron chi connectivity index (χ0n) is 19.7. The molecule has 0 aromatic heterocycles. The van der Waals surface area contributed by atoms with E-state index in [0.717, 1.165) is 36.4 Å². The van der Waals surface area contributed by atoms with Crippen LogP contribution in [0.2, 0.25) is 5.02 Å². The summed E-state index contributed by atoms with van der Waals surface area (Å²) in [4.78, 5) is 18.8. The third kappa shape index (κ3) is 7.44. The topological polar surface area (TPSA) is 79.1 Å². The molecule has 1 fully saturated rings. The van der Waals surface area contributed by atoms with Gasteiger partial charge in [-0.1, -0.05) is 60.6 Å². The Morgan fingerprint density at radius 2 is 2.09 bits per heavy atom. The highest BCUT2D eigenvalue weighted by atomic mass is 35.5. The van der Waals surface area contributed by atoms with Gasteiger partial charge in [-0.15, -0.1) is 0 Å². The van der Waals surface area contributed by atoms with E-state index in [1.165, 1.54) is 22.9 Å². The van der Waals surface area contributed by atoms with E-state index in [1.54, 1.807) is 12.1 Å². The van der Waals surface area contributed by atoms with Gasteiger partial charge in [0.05, 0.1) is 21.6 Å². The lowest BCUT2D eigenvalue weighted by atomic mass is 9.90. The number of carbonyl (C=O) groups excluding carboxylic acids is 1. The van der Waals surface area contributed by atoms with Crippen molar-refractivity contribution in [3.8, 4) is 5.75 Å². The minimum Gasteiger partial charge on any atom is -0.489 e. The zero-order valence-corrected chi connectivity index (χ0v) is 21.2. The molecule has 2 N–H and O–H groups in total. The number of aliphatic hydroxyl groups excluding tert-OH is 2. The third-order valence-corrected chi connectivity index (χ3v) is 7.06. The largest absolute Gasteiger partial charge is 0.489 e. The average molecular weight is 502 g/mol. The van der Waals surface area contributed by atoms with Gasteiger partial charge in [0.25, 0.3) is 0 Å². The number of aliphatic hydroxyl groups is 2. The van der Waals surface area contributed by atoms with Crippen LogP contribution in [-0.2, 0) is 11.2 Å². The summed E-state index contributed by atoms with van der Waals surface area (Å²) in [6, 6.07) is 13.6. The molecule has 1 aliphatic heterocycles. The van der Waals surface area contributed by atoms with Crippen molar-refractivity contribution >= 4 is 40.3 Å². The maximum atomic E-state index is 13.4. The number of aryl methyl sites for hydroxylation is 2. The Balaban J connectivity index is 1.78. The quantitative estimate of drug-likeness (QED) is 0.421. The van der Waals surface area contributed by atoms with Gasteiger partial charge in [0.15, 0.2) is 5.78 Å². The predicted octanol–water partition coefficient (Wildman–Crippen LogP) is 5.48. The van der Waals surface area contributed by atoms with Gasteiger partial charge in [-0.05, 0) is 61.1 Å². The molecule has 0 spiro atoms. The number of hydrogen-bond acceptors (Lipinski definition) is 6. The van der Waals surface area contributed by atoms with Crippen molar-refractivity contribution in [3.05, 3.63) is 69.1 Å². The molecule has 0 aliphatic carbocycles. The van der Waals surface area contributed by atoms with E-state index in [4.69, 9.17) is 26.4 Å². The molecule has 1 unspecified atom stereocenters. The number of ether oxygens (including phenoxy) is 1. The van der Waals surface area contributed by atoms with Crippen molar-refractivity contribution in [2.45, 2.75) is 45.6 Å². The highest BCUT2D eigenvalue weighted by Gasteiger charge is 2.30. The molecule has 0 amide bonds. The molecule has 5 nitrogen and oxygen atoms in total. The molecule has 2 atom stereocenters. The van der Waals surface area contributed by atoms with Crippen molar-refractivity contribution < 1.29 is 19.7 Å². The van der Waals surface area contributed by atoms with Crippen LogP contribution in [0.1, 0.15) is 42.9 Å². The summed E-state index contributed by atoms with van der Waals surface area (Å²) in [5.41, 5.74) is 3.32. The van der Waals surface area contributed by atoms with Gasteiger partial charge in [-0.25, -0.2) is 0 Å². The second-order valence-corrected chi connectivity index (χ2v) is 9.98. The van der Waals surface area contributed by atoms with Crippen LogP contribution in [-0.4, -0.2) is 46.9 Å². The fourth-order valence-corrected chi connectivity index (χ4v) is 5.12. The van der Waals surface area contributed by atoms with Gasteiger partial charge >= 0.3 is 0 Å². The summed E-state index contributed by atoms with van der Waals surface area (Å²) in [5, 5.41) is 19.8. The summed E-state index contributed by atoms with van der Waals surface area (Å²) in [7, 11) is 0. The summed E-state index contributed by atoms with van der Waals surface area (Å²) in [5.74, 6) is 0.470. The Bertz CT molecular complexity index is 1050. The lowest BCUT2D eigenvalue weighted by Crippen LogP contribution is -2.25. The van der Waals surface area contributed by atoms with Crippen LogP contribution in [0.15, 0.2) is 52.4 Å². The first-order valence-corrected chi connectivity index (χ1v) is 12.8. The molecule has 3 rings (SSSR count). The number of aliphatic imine (C=N–C) groups is 1. The molecule has 0 bridgehead atoms. The Morgan fingerprint density at radius 3 is 2.79 bits per heavy atom. The predicted molar refractivity (Wildman–Crippen MR) is 141 cm³/mol. The number of nitrogens with zero attached hydrogens (tertiary/aromatic N) is 1. The van der Waals surface area contributed by atoms with Gasteiger partial charge in [0.2, 0.25) is 0 Å². The van der Waals surface area contributed by atoms with Gasteiger partial charge in [0.1, 0.15) is 18.5 Å². The lowest BCUT2D eigenvalue weighted by Gasteiger charge is -2.24. The van der Waals surface area contributed by atoms with E-state index in [1.807, 2.05) is 24.3 Å². The van der Waals surface area contributed by atoms with Gasteiger partial charge in [-0.3, -0.25) is 9.79 Å². The fourth-order valence-electron chi connectivity index (χ4n) is 3.72. The van der Waals surface area contributed by atoms with Crippen LogP contribution in [0, 0.1) is 12.8 Å². The summed E-state index contributed by atoms with van der Waals surface area (Å²) in [6.45, 7) is 4.53. The molecule has 34 heavy (non-hydrogen) atoms. The highest BCUT2D eigenvalue weighted by Crippen LogP contribution is 2.37. The van der Waals surface area contributed by atoms with Crippen molar-refractivity contribution in [2.75, 3.05) is 19.8 Å². The Hall–Kier alpha value is -2.12. The van der Waals surface area contributed by atoms with Crippen molar-refractivity contribution in [1.82, 2.24) is 0 Å². The van der Waals surface area contributed by atoms with Crippen LogP contribution in [0.5, 0.6) is 5.75 Å². The molecule has 182 valence electrons. The maximum Gasteiger partial charge on any atom is 0.173 e. The molecule has 1 aliphatic rings. The SMILES string of the molecule is CCCN=C1CC(CCc2ccccc2C)C(=O)/C(=C/c2ccc(OC[C@H](O)CO)c(Cl)c2)S1. The van der Waals surface area contributed by atoms with E-state index in [0.29, 0.717) is 22.1 Å². The minimum absolute atomic E-state index is 0.0508. The van der Waals surface area contributed by atoms with E-state index in [9.17, 15) is 9.90 Å². The first kappa shape index (κ1) is 26.5. The number of halogens is 1. The standard InChI is InChI=1S/C27H32ClNO4S/c1-3-12-29-26-15-21(10-9-20-7-5-4-6-18(20)2)27(32)25(34-26)14-19-8-11-24(23(28)13-19)33-17-22(31)16-30/h4-8,11,13-14,21-22,30-31H,3,9-10,12,15-17H2,1-2H3/b25-14-,29-26?/t21?,22-/m1/s1. The fraction of sp³-hybridized carbons (Fsp3) is 0.407. The zero-order chi connectivity index (χ0) is 24.5. The van der Waals surface area contributed by atoms with Crippen LogP contribution in [0.25, 0.3) is 6.08 Å². The second-order valence-electron chi connectivity index (χ2n) is 8.45. The molecule has 7 heteroatoms. The third-order valence-electron chi connectivity index (χ3n) is 5.69. The van der Waals surface area contributed by atoms with Crippen LogP contribution in [0.3, 0.4) is 0 Å². The van der Waals surface area contributed by atoms with Gasteiger partial charge in [-0.2, -0.15) is 0 Å². The first-order valence-electron chi connectivity index (χ1n) is 11.6. The monoisotopic (exact) mass is 501 g/mol. The molecule has 1 saturated heterocycles. The number of rotatable bonds is 10. The first-order chi connectivity index (χ1) is 16.4. The average Bonchev–Trinajstić information content (AvgIpc) is 2.83. The number of carbonyl (C=O) groups is 1. The Kier molecular flexibility index (Phi) is 10.2. The van der Waals surface area contributed by atoms with Crippen molar-refractivity contribution in [3.63, 3.8) is 0 Å². The van der Waals surface area contributed by atoms with Gasteiger partial charge < -0.3 is 14.9 Å². The molecule has 2 aromatic carbocycles. The maximum absolute atomic E-state index is 13.4. The molecule has 1 heterocycles. The number of thioether (sulfide) groups is 1. The number of ketones is 1. The van der Waals surface area contributed by atoms with Crippen molar-refractivity contribution in [2.24, 2.45) is 10.9 Å². The normalized spacial score (nSPS) is 19.6. The molecule has 2 aromatic rings. The number of Topliss-reactive ketones (excluding diaryl/α,β-unsaturated/α-hetero) is 1. The second kappa shape index (κ2) is 13.1.